The van der Waals surface area contributed by atoms with Gasteiger partial charge in [0.15, 0.2) is 0 Å². The second-order valence-electron chi connectivity index (χ2n) is 7.52. The van der Waals surface area contributed by atoms with Gasteiger partial charge in [-0.05, 0) is 48.7 Å². The topological polar surface area (TPSA) is 96.0 Å². The number of hydrogen-bond donors (Lipinski definition) is 1. The van der Waals surface area contributed by atoms with E-state index in [4.69, 9.17) is 4.74 Å². The number of aryl methyl sites for hydroxylation is 1. The number of carbonyl (C=O) groups is 2. The Balaban J connectivity index is 2.43. The molecular weight excluding hydrogens is 430 g/mol. The van der Waals surface area contributed by atoms with E-state index < -0.39 is 28.5 Å². The number of methoxy groups -OCH3 is 1. The molecule has 0 radical (unpaired) electrons. The Morgan fingerprint density at radius 3 is 2.38 bits per heavy atom. The minimum absolute atomic E-state index is 0.132. The van der Waals surface area contributed by atoms with Crippen LogP contribution >= 0.6 is 0 Å². The second-order valence-corrected chi connectivity index (χ2v) is 9.43. The highest BCUT2D eigenvalue weighted by Gasteiger charge is 2.31. The molecule has 2 aromatic rings. The molecule has 0 unspecified atom stereocenters. The fourth-order valence-electron chi connectivity index (χ4n) is 3.45. The molecule has 0 bridgehead atoms. The zero-order chi connectivity index (χ0) is 23.9. The molecule has 0 aromatic heterocycles. The monoisotopic (exact) mass is 461 g/mol. The van der Waals surface area contributed by atoms with Crippen LogP contribution in [0.2, 0.25) is 0 Å². The molecule has 1 N–H and O–H groups in total. The van der Waals surface area contributed by atoms with E-state index in [1.807, 2.05) is 19.1 Å². The fraction of sp³-hybridized carbons (Fsp3) is 0.391. The lowest BCUT2D eigenvalue weighted by Crippen LogP contribution is -2.51. The molecule has 9 heteroatoms. The van der Waals surface area contributed by atoms with Crippen molar-refractivity contribution in [2.75, 3.05) is 31.3 Å². The van der Waals surface area contributed by atoms with Crippen LogP contribution in [0.25, 0.3) is 0 Å². The molecular formula is C23H31N3O5S. The number of amides is 2. The normalized spacial score (nSPS) is 12.0. The smallest absolute Gasteiger partial charge is 0.244 e. The molecule has 174 valence electrons. The number of likely N-dealkylation sites (N-methyl/N-ethyl adjacent to an activating group) is 1. The second kappa shape index (κ2) is 11.0. The van der Waals surface area contributed by atoms with Gasteiger partial charge in [0, 0.05) is 13.6 Å². The first-order valence-electron chi connectivity index (χ1n) is 10.3. The van der Waals surface area contributed by atoms with Crippen LogP contribution in [0.5, 0.6) is 5.75 Å². The van der Waals surface area contributed by atoms with Gasteiger partial charge in [-0.15, -0.1) is 0 Å². The third kappa shape index (κ3) is 6.46. The van der Waals surface area contributed by atoms with Gasteiger partial charge in [-0.2, -0.15) is 0 Å². The van der Waals surface area contributed by atoms with E-state index in [9.17, 15) is 18.0 Å². The van der Waals surface area contributed by atoms with Crippen molar-refractivity contribution in [3.05, 3.63) is 59.7 Å². The number of anilines is 1. The quantitative estimate of drug-likeness (QED) is 0.586. The van der Waals surface area contributed by atoms with Crippen molar-refractivity contribution in [2.24, 2.45) is 0 Å². The summed E-state index contributed by atoms with van der Waals surface area (Å²) in [6, 6.07) is 13.4. The molecule has 2 rings (SSSR count). The average Bonchev–Trinajstić information content (AvgIpc) is 2.76. The summed E-state index contributed by atoms with van der Waals surface area (Å²) in [5.41, 5.74) is 2.03. The highest BCUT2D eigenvalue weighted by Crippen LogP contribution is 2.21. The molecule has 0 saturated heterocycles. The van der Waals surface area contributed by atoms with Crippen molar-refractivity contribution in [2.45, 2.75) is 32.9 Å². The molecule has 0 aliphatic rings. The van der Waals surface area contributed by atoms with E-state index in [0.717, 1.165) is 21.7 Å². The Bertz CT molecular complexity index is 1060. The molecule has 0 aliphatic carbocycles. The summed E-state index contributed by atoms with van der Waals surface area (Å²) in [4.78, 5) is 27.4. The number of nitrogens with one attached hydrogen (secondary N) is 1. The number of sulfonamides is 1. The zero-order valence-electron chi connectivity index (χ0n) is 19.2. The minimum Gasteiger partial charge on any atom is -0.497 e. The predicted molar refractivity (Wildman–Crippen MR) is 125 cm³/mol. The molecule has 2 amide bonds. The van der Waals surface area contributed by atoms with E-state index in [2.05, 4.69) is 5.32 Å². The largest absolute Gasteiger partial charge is 0.497 e. The average molecular weight is 462 g/mol. The van der Waals surface area contributed by atoms with E-state index in [1.54, 1.807) is 50.4 Å². The molecule has 2 aromatic carbocycles. The number of nitrogens with zero attached hydrogens (tertiary/aromatic N) is 2. The van der Waals surface area contributed by atoms with Crippen LogP contribution in [-0.2, 0) is 26.2 Å². The molecule has 0 spiro atoms. The number of hydrogen-bond acceptors (Lipinski definition) is 5. The number of ether oxygens (including phenoxy) is 1. The van der Waals surface area contributed by atoms with Gasteiger partial charge >= 0.3 is 0 Å². The number of benzene rings is 2. The van der Waals surface area contributed by atoms with E-state index in [-0.39, 0.29) is 12.5 Å². The first kappa shape index (κ1) is 25.2. The van der Waals surface area contributed by atoms with E-state index in [1.165, 1.54) is 11.9 Å². The lowest BCUT2D eigenvalue weighted by molar-refractivity contribution is -0.140. The molecule has 0 aliphatic heterocycles. The number of rotatable bonds is 10. The first-order chi connectivity index (χ1) is 15.1. The van der Waals surface area contributed by atoms with Crippen LogP contribution in [-0.4, -0.2) is 58.1 Å². The lowest BCUT2D eigenvalue weighted by atomic mass is 10.1. The molecule has 32 heavy (non-hydrogen) atoms. The van der Waals surface area contributed by atoms with Gasteiger partial charge in [-0.3, -0.25) is 13.9 Å². The summed E-state index contributed by atoms with van der Waals surface area (Å²) in [6.45, 7) is 3.37. The van der Waals surface area contributed by atoms with E-state index in [0.29, 0.717) is 17.9 Å². The van der Waals surface area contributed by atoms with Crippen molar-refractivity contribution in [3.63, 3.8) is 0 Å². The number of carbonyl (C=O) groups excluding carboxylic acids is 2. The molecule has 1 atom stereocenters. The van der Waals surface area contributed by atoms with Crippen molar-refractivity contribution in [3.8, 4) is 5.75 Å². The van der Waals surface area contributed by atoms with E-state index >= 15 is 0 Å². The standard InChI is InChI=1S/C23H31N3O5S/c1-6-21(23(28)24-3)25(15-18-10-8-12-20(14-18)31-4)22(27)16-26(32(5,29)30)19-11-7-9-17(2)13-19/h7-14,21H,6,15-16H2,1-5H3,(H,24,28)/t21-/m1/s1. The third-order valence-corrected chi connectivity index (χ3v) is 6.23. The van der Waals surface area contributed by atoms with Gasteiger partial charge in [-0.25, -0.2) is 8.42 Å². The third-order valence-electron chi connectivity index (χ3n) is 5.09. The Morgan fingerprint density at radius 1 is 1.12 bits per heavy atom. The summed E-state index contributed by atoms with van der Waals surface area (Å²) in [7, 11) is -0.682. The van der Waals surface area contributed by atoms with Gasteiger partial charge in [0.05, 0.1) is 19.1 Å². The predicted octanol–water partition coefficient (Wildman–Crippen LogP) is 2.32. The first-order valence-corrected chi connectivity index (χ1v) is 12.1. The SMILES string of the molecule is CC[C@H](C(=O)NC)N(Cc1cccc(OC)c1)C(=O)CN(c1cccc(C)c1)S(C)(=O)=O. The molecule has 0 heterocycles. The van der Waals surface area contributed by atoms with Crippen molar-refractivity contribution in [1.82, 2.24) is 10.2 Å². The Kier molecular flexibility index (Phi) is 8.65. The van der Waals surface area contributed by atoms with Gasteiger partial charge in [0.1, 0.15) is 18.3 Å². The lowest BCUT2D eigenvalue weighted by Gasteiger charge is -2.32. The van der Waals surface area contributed by atoms with Crippen molar-refractivity contribution >= 4 is 27.5 Å². The van der Waals surface area contributed by atoms with Gasteiger partial charge in [0.25, 0.3) is 0 Å². The molecule has 0 fully saturated rings. The van der Waals surface area contributed by atoms with Crippen LogP contribution in [0.3, 0.4) is 0 Å². The highest BCUT2D eigenvalue weighted by atomic mass is 32.2. The maximum Gasteiger partial charge on any atom is 0.244 e. The summed E-state index contributed by atoms with van der Waals surface area (Å²) < 4.78 is 31.4. The summed E-state index contributed by atoms with van der Waals surface area (Å²) in [6.07, 6.45) is 1.43. The van der Waals surface area contributed by atoms with Crippen LogP contribution in [0.15, 0.2) is 48.5 Å². The van der Waals surface area contributed by atoms with Crippen LogP contribution in [0.4, 0.5) is 5.69 Å². The van der Waals surface area contributed by atoms with Gasteiger partial charge < -0.3 is 15.0 Å². The summed E-state index contributed by atoms with van der Waals surface area (Å²) in [5, 5.41) is 2.59. The van der Waals surface area contributed by atoms with Crippen LogP contribution in [0, 0.1) is 6.92 Å². The molecule has 0 saturated carbocycles. The summed E-state index contributed by atoms with van der Waals surface area (Å²) >= 11 is 0. The van der Waals surface area contributed by atoms with Crippen molar-refractivity contribution in [1.29, 1.82) is 0 Å². The Morgan fingerprint density at radius 2 is 1.81 bits per heavy atom. The maximum atomic E-state index is 13.4. The highest BCUT2D eigenvalue weighted by molar-refractivity contribution is 7.92. The van der Waals surface area contributed by atoms with Crippen LogP contribution in [0.1, 0.15) is 24.5 Å². The van der Waals surface area contributed by atoms with Crippen LogP contribution < -0.4 is 14.4 Å². The molecule has 8 nitrogen and oxygen atoms in total. The minimum atomic E-state index is -3.74. The summed E-state index contributed by atoms with van der Waals surface area (Å²) in [5.74, 6) is -0.166. The Labute approximate surface area is 190 Å². The Hall–Kier alpha value is -3.07. The van der Waals surface area contributed by atoms with Crippen molar-refractivity contribution < 1.29 is 22.7 Å². The zero-order valence-corrected chi connectivity index (χ0v) is 20.0. The maximum absolute atomic E-state index is 13.4. The van der Waals surface area contributed by atoms with Gasteiger partial charge in [-0.1, -0.05) is 31.2 Å². The fourth-order valence-corrected chi connectivity index (χ4v) is 4.29. The van der Waals surface area contributed by atoms with Gasteiger partial charge in [0.2, 0.25) is 21.8 Å².